The maximum atomic E-state index is 12.7. The molecule has 3 aromatic rings. The highest BCUT2D eigenvalue weighted by Crippen LogP contribution is 2.38. The highest BCUT2D eigenvalue weighted by Gasteiger charge is 2.52. The Bertz CT molecular complexity index is 1030. The number of hydrogen-bond donors (Lipinski definition) is 1. The Morgan fingerprint density at radius 2 is 1.46 bits per heavy atom. The highest BCUT2D eigenvalue weighted by molar-refractivity contribution is 6.99. The van der Waals surface area contributed by atoms with Crippen LogP contribution in [0.5, 0.6) is 0 Å². The number of ether oxygens (including phenoxy) is 2. The summed E-state index contributed by atoms with van der Waals surface area (Å²) < 4.78 is 18.7. The van der Waals surface area contributed by atoms with E-state index in [4.69, 9.17) is 13.9 Å². The molecule has 1 amide bonds. The number of alkyl carbamates (subject to hydrolysis) is 1. The zero-order valence-corrected chi connectivity index (χ0v) is 21.8. The van der Waals surface area contributed by atoms with Crippen molar-refractivity contribution in [3.63, 3.8) is 0 Å². The number of carbonyl (C=O) groups excluding carboxylic acids is 1. The average molecular weight is 490 g/mol. The molecular formula is C29H35NO4Si. The van der Waals surface area contributed by atoms with Gasteiger partial charge in [0.15, 0.2) is 6.23 Å². The molecule has 0 bridgehead atoms. The van der Waals surface area contributed by atoms with E-state index in [0.717, 1.165) is 18.4 Å². The monoisotopic (exact) mass is 489 g/mol. The third-order valence-corrected chi connectivity index (χ3v) is 11.5. The van der Waals surface area contributed by atoms with Crippen LogP contribution < -0.4 is 15.7 Å². The van der Waals surface area contributed by atoms with Gasteiger partial charge in [0, 0.05) is 6.61 Å². The van der Waals surface area contributed by atoms with E-state index in [1.54, 1.807) is 0 Å². The maximum absolute atomic E-state index is 12.7. The molecule has 0 unspecified atom stereocenters. The van der Waals surface area contributed by atoms with Gasteiger partial charge >= 0.3 is 6.09 Å². The third-order valence-electron chi connectivity index (χ3n) is 6.49. The number of benzene rings is 3. The van der Waals surface area contributed by atoms with Crippen LogP contribution in [-0.4, -0.2) is 33.3 Å². The van der Waals surface area contributed by atoms with Gasteiger partial charge in [-0.3, -0.25) is 5.32 Å². The Balaban J connectivity index is 1.60. The van der Waals surface area contributed by atoms with Crippen LogP contribution in [0.2, 0.25) is 5.04 Å². The summed E-state index contributed by atoms with van der Waals surface area (Å²) in [7, 11) is -2.77. The summed E-state index contributed by atoms with van der Waals surface area (Å²) in [5, 5.41) is 5.18. The Kier molecular flexibility index (Phi) is 8.06. The molecule has 5 nitrogen and oxygen atoms in total. The van der Waals surface area contributed by atoms with Gasteiger partial charge in [0.2, 0.25) is 0 Å². The summed E-state index contributed by atoms with van der Waals surface area (Å²) in [6.45, 7) is 7.53. The van der Waals surface area contributed by atoms with Crippen LogP contribution in [0.1, 0.15) is 39.2 Å². The zero-order valence-electron chi connectivity index (χ0n) is 20.8. The molecule has 1 fully saturated rings. The standard InChI is InChI=1S/C29H35NO4Si/c1-29(2,3)35(24-16-9-5-10-17-24,25-18-11-6-12-19-25)34-26-20-13-21-32-27(26)30-28(31)33-22-23-14-7-4-8-15-23/h4-12,14-19,26-27H,13,20-22H2,1-3H3,(H,30,31)/t26-,27-/m0/s1. The average Bonchev–Trinajstić information content (AvgIpc) is 2.88. The topological polar surface area (TPSA) is 56.8 Å². The number of carbonyl (C=O) groups is 1. The fraction of sp³-hybridized carbons (Fsp3) is 0.345. The normalized spacial score (nSPS) is 18.6. The largest absolute Gasteiger partial charge is 0.445 e. The molecule has 0 aromatic heterocycles. The molecule has 0 radical (unpaired) electrons. The van der Waals surface area contributed by atoms with E-state index in [1.165, 1.54) is 10.4 Å². The summed E-state index contributed by atoms with van der Waals surface area (Å²) in [6, 6.07) is 30.7. The molecule has 1 N–H and O–H groups in total. The van der Waals surface area contributed by atoms with Crippen LogP contribution in [-0.2, 0) is 20.5 Å². The van der Waals surface area contributed by atoms with E-state index in [9.17, 15) is 4.79 Å². The first-order valence-corrected chi connectivity index (χ1v) is 14.2. The van der Waals surface area contributed by atoms with Crippen molar-refractivity contribution in [1.82, 2.24) is 5.32 Å². The smallest absolute Gasteiger partial charge is 0.409 e. The third kappa shape index (κ3) is 5.84. The summed E-state index contributed by atoms with van der Waals surface area (Å²) in [5.74, 6) is 0. The Labute approximate surface area is 209 Å². The van der Waals surface area contributed by atoms with Crippen LogP contribution in [0.25, 0.3) is 0 Å². The number of hydrogen-bond acceptors (Lipinski definition) is 4. The predicted octanol–water partition coefficient (Wildman–Crippen LogP) is 4.99. The number of rotatable bonds is 7. The molecule has 35 heavy (non-hydrogen) atoms. The van der Waals surface area contributed by atoms with Gasteiger partial charge in [0.25, 0.3) is 8.32 Å². The van der Waals surface area contributed by atoms with Crippen LogP contribution in [0.15, 0.2) is 91.0 Å². The quantitative estimate of drug-likeness (QED) is 0.475. The van der Waals surface area contributed by atoms with Crippen molar-refractivity contribution in [2.24, 2.45) is 0 Å². The first kappa shape index (κ1) is 25.2. The Hall–Kier alpha value is -2.93. The number of amides is 1. The molecule has 6 heteroatoms. The zero-order chi connectivity index (χ0) is 24.7. The minimum absolute atomic E-state index is 0.161. The van der Waals surface area contributed by atoms with Crippen LogP contribution in [0.3, 0.4) is 0 Å². The van der Waals surface area contributed by atoms with E-state index in [0.29, 0.717) is 6.61 Å². The molecule has 1 heterocycles. The molecule has 184 valence electrons. The van der Waals surface area contributed by atoms with Gasteiger partial charge in [-0.05, 0) is 33.8 Å². The fourth-order valence-corrected chi connectivity index (χ4v) is 9.52. The van der Waals surface area contributed by atoms with Gasteiger partial charge in [-0.1, -0.05) is 112 Å². The summed E-state index contributed by atoms with van der Waals surface area (Å²) in [4.78, 5) is 12.7. The molecule has 0 spiro atoms. The van der Waals surface area contributed by atoms with Crippen LogP contribution >= 0.6 is 0 Å². The lowest BCUT2D eigenvalue weighted by Crippen LogP contribution is -2.69. The molecular weight excluding hydrogens is 454 g/mol. The van der Waals surface area contributed by atoms with Gasteiger partial charge < -0.3 is 13.9 Å². The minimum Gasteiger partial charge on any atom is -0.445 e. The summed E-state index contributed by atoms with van der Waals surface area (Å²) in [5.41, 5.74) is 0.937. The second-order valence-corrected chi connectivity index (χ2v) is 14.2. The summed E-state index contributed by atoms with van der Waals surface area (Å²) in [6.07, 6.45) is 0.304. The van der Waals surface area contributed by atoms with Crippen LogP contribution in [0, 0.1) is 0 Å². The lowest BCUT2D eigenvalue weighted by molar-refractivity contribution is -0.0803. The Morgan fingerprint density at radius 3 is 2.00 bits per heavy atom. The van der Waals surface area contributed by atoms with Crippen molar-refractivity contribution < 1.29 is 18.7 Å². The van der Waals surface area contributed by atoms with E-state index < -0.39 is 20.6 Å². The van der Waals surface area contributed by atoms with Crippen molar-refractivity contribution in [2.45, 2.75) is 57.6 Å². The predicted molar refractivity (Wildman–Crippen MR) is 141 cm³/mol. The fourth-order valence-electron chi connectivity index (χ4n) is 4.81. The summed E-state index contributed by atoms with van der Waals surface area (Å²) >= 11 is 0. The van der Waals surface area contributed by atoms with Crippen molar-refractivity contribution in [2.75, 3.05) is 6.61 Å². The van der Waals surface area contributed by atoms with Crippen LogP contribution in [0.4, 0.5) is 4.79 Å². The van der Waals surface area contributed by atoms with Gasteiger partial charge in [-0.25, -0.2) is 4.79 Å². The molecule has 1 aliphatic rings. The molecule has 0 aliphatic carbocycles. The second-order valence-electron chi connectivity index (χ2n) is 9.96. The first-order valence-electron chi connectivity index (χ1n) is 12.3. The van der Waals surface area contributed by atoms with Crippen molar-refractivity contribution in [3.05, 3.63) is 96.6 Å². The molecule has 0 saturated carbocycles. The molecule has 3 aromatic carbocycles. The molecule has 2 atom stereocenters. The SMILES string of the molecule is CC(C)(C)[Si](O[C@H]1CCCO[C@@H]1NC(=O)OCc1ccccc1)(c1ccccc1)c1ccccc1. The van der Waals surface area contributed by atoms with E-state index in [-0.39, 0.29) is 17.7 Å². The lowest BCUT2D eigenvalue weighted by atomic mass is 10.1. The van der Waals surface area contributed by atoms with Gasteiger partial charge in [0.05, 0.1) is 6.10 Å². The van der Waals surface area contributed by atoms with E-state index in [1.807, 2.05) is 42.5 Å². The Morgan fingerprint density at radius 1 is 0.914 bits per heavy atom. The van der Waals surface area contributed by atoms with E-state index in [2.05, 4.69) is 74.6 Å². The van der Waals surface area contributed by atoms with Gasteiger partial charge in [-0.2, -0.15) is 0 Å². The highest BCUT2D eigenvalue weighted by atomic mass is 28.4. The molecule has 1 aliphatic heterocycles. The molecule has 4 rings (SSSR count). The number of nitrogens with one attached hydrogen (secondary N) is 1. The lowest BCUT2D eigenvalue weighted by Gasteiger charge is -2.47. The minimum atomic E-state index is -2.77. The second kappa shape index (κ2) is 11.2. The first-order chi connectivity index (χ1) is 16.9. The van der Waals surface area contributed by atoms with E-state index >= 15 is 0 Å². The molecule has 1 saturated heterocycles. The van der Waals surface area contributed by atoms with Crippen molar-refractivity contribution in [1.29, 1.82) is 0 Å². The van der Waals surface area contributed by atoms with Crippen molar-refractivity contribution in [3.8, 4) is 0 Å². The maximum Gasteiger partial charge on any atom is 0.409 e. The van der Waals surface area contributed by atoms with Crippen molar-refractivity contribution >= 4 is 24.8 Å². The van der Waals surface area contributed by atoms with Gasteiger partial charge in [0.1, 0.15) is 6.61 Å². The van der Waals surface area contributed by atoms with Gasteiger partial charge in [-0.15, -0.1) is 0 Å².